The molecule has 1 unspecified atom stereocenters. The van der Waals surface area contributed by atoms with E-state index in [1.807, 2.05) is 31.2 Å². The molecular weight excluding hydrogens is 264 g/mol. The van der Waals surface area contributed by atoms with Crippen LogP contribution in [0.5, 0.6) is 0 Å². The molecule has 114 valence electrons. The largest absolute Gasteiger partial charge is 0.353 e. The lowest BCUT2D eigenvalue weighted by Gasteiger charge is -2.34. The van der Waals surface area contributed by atoms with Gasteiger partial charge in [-0.05, 0) is 29.5 Å². The highest BCUT2D eigenvalue weighted by atomic mass is 16.2. The second-order valence-electron chi connectivity index (χ2n) is 6.54. The third kappa shape index (κ3) is 3.26. The first-order chi connectivity index (χ1) is 9.84. The maximum Gasteiger partial charge on any atom is 0.254 e. The van der Waals surface area contributed by atoms with Crippen LogP contribution in [0.3, 0.4) is 0 Å². The summed E-state index contributed by atoms with van der Waals surface area (Å²) in [5.41, 5.74) is 1.91. The van der Waals surface area contributed by atoms with Crippen LogP contribution in [0.4, 0.5) is 0 Å². The van der Waals surface area contributed by atoms with E-state index in [1.165, 1.54) is 5.56 Å². The van der Waals surface area contributed by atoms with Gasteiger partial charge in [-0.15, -0.1) is 0 Å². The molecule has 0 bridgehead atoms. The van der Waals surface area contributed by atoms with E-state index in [9.17, 15) is 9.59 Å². The minimum absolute atomic E-state index is 0.0524. The van der Waals surface area contributed by atoms with Gasteiger partial charge in [-0.2, -0.15) is 0 Å². The number of nitrogens with one attached hydrogen (secondary N) is 1. The first-order valence-corrected chi connectivity index (χ1v) is 7.54. The molecule has 1 saturated heterocycles. The molecule has 1 aliphatic rings. The predicted octanol–water partition coefficient (Wildman–Crippen LogP) is 2.33. The van der Waals surface area contributed by atoms with Gasteiger partial charge in [0.1, 0.15) is 6.04 Å². The van der Waals surface area contributed by atoms with Crippen molar-refractivity contribution in [1.82, 2.24) is 10.2 Å². The minimum atomic E-state index is -0.353. The Balaban J connectivity index is 2.21. The second kappa shape index (κ2) is 5.88. The maximum atomic E-state index is 12.6. The van der Waals surface area contributed by atoms with Gasteiger partial charge in [0.15, 0.2) is 0 Å². The van der Waals surface area contributed by atoms with Crippen molar-refractivity contribution in [2.75, 3.05) is 13.1 Å². The fourth-order valence-electron chi connectivity index (χ4n) is 2.64. The van der Waals surface area contributed by atoms with Crippen molar-refractivity contribution in [3.05, 3.63) is 35.4 Å². The second-order valence-corrected chi connectivity index (χ2v) is 6.54. The van der Waals surface area contributed by atoms with Crippen molar-refractivity contribution >= 4 is 11.8 Å². The molecule has 4 nitrogen and oxygen atoms in total. The van der Waals surface area contributed by atoms with Gasteiger partial charge < -0.3 is 10.2 Å². The summed E-state index contributed by atoms with van der Waals surface area (Å²) < 4.78 is 0. The average molecular weight is 288 g/mol. The molecule has 1 heterocycles. The molecule has 0 spiro atoms. The Kier molecular flexibility index (Phi) is 4.35. The van der Waals surface area contributed by atoms with Gasteiger partial charge >= 0.3 is 0 Å². The molecule has 1 aromatic carbocycles. The van der Waals surface area contributed by atoms with Gasteiger partial charge in [0.25, 0.3) is 5.91 Å². The summed E-state index contributed by atoms with van der Waals surface area (Å²) in [5, 5.41) is 2.82. The number of rotatable bonds is 2. The van der Waals surface area contributed by atoms with Crippen LogP contribution in [0.25, 0.3) is 0 Å². The van der Waals surface area contributed by atoms with E-state index >= 15 is 0 Å². The van der Waals surface area contributed by atoms with Crippen LogP contribution in [0.1, 0.15) is 50.0 Å². The van der Waals surface area contributed by atoms with Crippen LogP contribution < -0.4 is 5.32 Å². The summed E-state index contributed by atoms with van der Waals surface area (Å²) in [5.74, 6) is -0.111. The zero-order valence-corrected chi connectivity index (χ0v) is 13.3. The maximum absolute atomic E-state index is 12.6. The normalized spacial score (nSPS) is 19.3. The van der Waals surface area contributed by atoms with Gasteiger partial charge in [-0.3, -0.25) is 9.59 Å². The van der Waals surface area contributed by atoms with Gasteiger partial charge in [-0.1, -0.05) is 39.8 Å². The minimum Gasteiger partial charge on any atom is -0.353 e. The smallest absolute Gasteiger partial charge is 0.254 e. The summed E-state index contributed by atoms with van der Waals surface area (Å²) in [7, 11) is 0. The lowest BCUT2D eigenvalue weighted by molar-refractivity contribution is -0.127. The average Bonchev–Trinajstić information content (AvgIpc) is 2.45. The number of hydrogen-bond donors (Lipinski definition) is 1. The third-order valence-electron chi connectivity index (χ3n) is 3.98. The first kappa shape index (κ1) is 15.5. The quantitative estimate of drug-likeness (QED) is 0.908. The molecule has 2 rings (SSSR count). The van der Waals surface area contributed by atoms with E-state index in [0.29, 0.717) is 25.1 Å². The number of nitrogens with zero attached hydrogens (tertiary/aromatic N) is 1. The van der Waals surface area contributed by atoms with E-state index in [-0.39, 0.29) is 23.3 Å². The Morgan fingerprint density at radius 1 is 1.29 bits per heavy atom. The zero-order valence-electron chi connectivity index (χ0n) is 13.3. The molecule has 1 aliphatic heterocycles. The summed E-state index contributed by atoms with van der Waals surface area (Å²) >= 11 is 0. The van der Waals surface area contributed by atoms with E-state index in [2.05, 4.69) is 26.1 Å². The molecule has 2 amide bonds. The molecular formula is C17H24N2O2. The Morgan fingerprint density at radius 3 is 2.43 bits per heavy atom. The summed E-state index contributed by atoms with van der Waals surface area (Å²) in [6, 6.07) is 7.37. The number of amides is 2. The van der Waals surface area contributed by atoms with Crippen molar-refractivity contribution in [2.45, 2.75) is 45.6 Å². The highest BCUT2D eigenvalue weighted by Gasteiger charge is 2.32. The third-order valence-corrected chi connectivity index (χ3v) is 3.98. The first-order valence-electron chi connectivity index (χ1n) is 7.54. The van der Waals surface area contributed by atoms with Gasteiger partial charge in [-0.25, -0.2) is 0 Å². The number of piperazine rings is 1. The Bertz CT molecular complexity index is 529. The van der Waals surface area contributed by atoms with Crippen LogP contribution in [0.15, 0.2) is 24.3 Å². The van der Waals surface area contributed by atoms with Crippen LogP contribution in [-0.4, -0.2) is 35.8 Å². The molecule has 1 atom stereocenters. The topological polar surface area (TPSA) is 49.4 Å². The summed E-state index contributed by atoms with van der Waals surface area (Å²) in [6.45, 7) is 9.47. The van der Waals surface area contributed by atoms with Crippen LogP contribution >= 0.6 is 0 Å². The standard InChI is InChI=1S/C17H24N2O2/c1-5-14-15(20)18-10-11-19(14)16(21)12-6-8-13(9-7-12)17(2,3)4/h6-9,14H,5,10-11H2,1-4H3,(H,18,20). The van der Waals surface area contributed by atoms with Gasteiger partial charge in [0.05, 0.1) is 0 Å². The SMILES string of the molecule is CCC1C(=O)NCCN1C(=O)c1ccc(C(C)(C)C)cc1. The van der Waals surface area contributed by atoms with Crippen molar-refractivity contribution < 1.29 is 9.59 Å². The van der Waals surface area contributed by atoms with Crippen LogP contribution in [0, 0.1) is 0 Å². The summed E-state index contributed by atoms with van der Waals surface area (Å²) in [6.07, 6.45) is 0.637. The molecule has 4 heteroatoms. The van der Waals surface area contributed by atoms with Crippen molar-refractivity contribution in [3.63, 3.8) is 0 Å². The molecule has 0 saturated carbocycles. The Morgan fingerprint density at radius 2 is 1.90 bits per heavy atom. The number of benzene rings is 1. The lowest BCUT2D eigenvalue weighted by Crippen LogP contribution is -2.56. The molecule has 0 radical (unpaired) electrons. The Labute approximate surface area is 126 Å². The van der Waals surface area contributed by atoms with Crippen molar-refractivity contribution in [3.8, 4) is 0 Å². The summed E-state index contributed by atoms with van der Waals surface area (Å²) in [4.78, 5) is 26.2. The van der Waals surface area contributed by atoms with Crippen LogP contribution in [-0.2, 0) is 10.2 Å². The van der Waals surface area contributed by atoms with E-state index in [1.54, 1.807) is 4.90 Å². The monoisotopic (exact) mass is 288 g/mol. The Hall–Kier alpha value is -1.84. The molecule has 1 fully saturated rings. The fraction of sp³-hybridized carbons (Fsp3) is 0.529. The molecule has 21 heavy (non-hydrogen) atoms. The molecule has 0 aromatic heterocycles. The number of carbonyl (C=O) groups excluding carboxylic acids is 2. The van der Waals surface area contributed by atoms with Crippen molar-refractivity contribution in [2.24, 2.45) is 0 Å². The highest BCUT2D eigenvalue weighted by Crippen LogP contribution is 2.23. The zero-order chi connectivity index (χ0) is 15.6. The lowest BCUT2D eigenvalue weighted by atomic mass is 9.86. The number of hydrogen-bond acceptors (Lipinski definition) is 2. The predicted molar refractivity (Wildman–Crippen MR) is 83.3 cm³/mol. The van der Waals surface area contributed by atoms with E-state index < -0.39 is 0 Å². The molecule has 0 aliphatic carbocycles. The molecule has 1 aromatic rings. The van der Waals surface area contributed by atoms with Crippen LogP contribution in [0.2, 0.25) is 0 Å². The van der Waals surface area contributed by atoms with E-state index in [4.69, 9.17) is 0 Å². The van der Waals surface area contributed by atoms with Gasteiger partial charge in [0, 0.05) is 18.7 Å². The molecule has 1 N–H and O–H groups in total. The van der Waals surface area contributed by atoms with Crippen molar-refractivity contribution in [1.29, 1.82) is 0 Å². The van der Waals surface area contributed by atoms with E-state index in [0.717, 1.165) is 0 Å². The fourth-order valence-corrected chi connectivity index (χ4v) is 2.64. The highest BCUT2D eigenvalue weighted by molar-refractivity contribution is 5.98. The van der Waals surface area contributed by atoms with Gasteiger partial charge in [0.2, 0.25) is 5.91 Å². The number of carbonyl (C=O) groups is 2.